The molecule has 0 aliphatic carbocycles. The summed E-state index contributed by atoms with van der Waals surface area (Å²) in [5, 5.41) is 11.8. The fraction of sp³-hybridized carbons (Fsp3) is 0.312. The lowest BCUT2D eigenvalue weighted by Gasteiger charge is -2.23. The SMILES string of the molecule is Cc1nn(C)cc1[C@@H]1CC(=O)Nc2c1cnn2Cc1ccco1. The molecule has 0 fully saturated rings. The largest absolute Gasteiger partial charge is 0.467 e. The number of rotatable bonds is 3. The monoisotopic (exact) mass is 311 g/mol. The predicted octanol–water partition coefficient (Wildman–Crippen LogP) is 2.04. The highest BCUT2D eigenvalue weighted by Gasteiger charge is 2.31. The fourth-order valence-electron chi connectivity index (χ4n) is 3.18. The van der Waals surface area contributed by atoms with Crippen molar-refractivity contribution in [1.29, 1.82) is 0 Å². The number of nitrogens with one attached hydrogen (secondary N) is 1. The minimum absolute atomic E-state index is 0.00746. The molecule has 4 rings (SSSR count). The molecule has 118 valence electrons. The Bertz CT molecular complexity index is 859. The third-order valence-corrected chi connectivity index (χ3v) is 4.20. The maximum absolute atomic E-state index is 12.2. The Labute approximate surface area is 132 Å². The molecule has 0 saturated heterocycles. The van der Waals surface area contributed by atoms with Gasteiger partial charge in [-0.3, -0.25) is 9.48 Å². The molecule has 1 amide bonds. The van der Waals surface area contributed by atoms with Gasteiger partial charge in [-0.2, -0.15) is 10.2 Å². The summed E-state index contributed by atoms with van der Waals surface area (Å²) in [6, 6.07) is 3.73. The van der Waals surface area contributed by atoms with Crippen LogP contribution in [0.25, 0.3) is 0 Å². The third kappa shape index (κ3) is 2.34. The molecule has 0 radical (unpaired) electrons. The first-order valence-corrected chi connectivity index (χ1v) is 7.50. The lowest BCUT2D eigenvalue weighted by atomic mass is 9.88. The van der Waals surface area contributed by atoms with Crippen molar-refractivity contribution in [2.24, 2.45) is 7.05 Å². The van der Waals surface area contributed by atoms with E-state index in [-0.39, 0.29) is 11.8 Å². The minimum atomic E-state index is -0.0159. The van der Waals surface area contributed by atoms with Gasteiger partial charge in [0.25, 0.3) is 0 Å². The van der Waals surface area contributed by atoms with Crippen molar-refractivity contribution in [3.63, 3.8) is 0 Å². The van der Waals surface area contributed by atoms with E-state index in [4.69, 9.17) is 4.42 Å². The maximum atomic E-state index is 12.2. The third-order valence-electron chi connectivity index (χ3n) is 4.20. The van der Waals surface area contributed by atoms with Crippen molar-refractivity contribution in [3.8, 4) is 0 Å². The molecule has 1 atom stereocenters. The Kier molecular flexibility index (Phi) is 3.07. The molecule has 1 aliphatic heterocycles. The summed E-state index contributed by atoms with van der Waals surface area (Å²) >= 11 is 0. The molecule has 3 aromatic heterocycles. The van der Waals surface area contributed by atoms with Crippen LogP contribution in [0.2, 0.25) is 0 Å². The van der Waals surface area contributed by atoms with Crippen LogP contribution in [0.5, 0.6) is 0 Å². The molecule has 1 N–H and O–H groups in total. The van der Waals surface area contributed by atoms with Crippen molar-refractivity contribution in [1.82, 2.24) is 19.6 Å². The van der Waals surface area contributed by atoms with Crippen molar-refractivity contribution < 1.29 is 9.21 Å². The lowest BCUT2D eigenvalue weighted by molar-refractivity contribution is -0.116. The van der Waals surface area contributed by atoms with Gasteiger partial charge in [0.1, 0.15) is 18.1 Å². The topological polar surface area (TPSA) is 77.9 Å². The van der Waals surface area contributed by atoms with Crippen molar-refractivity contribution >= 4 is 11.7 Å². The predicted molar refractivity (Wildman–Crippen MR) is 83.1 cm³/mol. The molecule has 3 aromatic rings. The molecule has 4 heterocycles. The summed E-state index contributed by atoms with van der Waals surface area (Å²) in [5.41, 5.74) is 3.03. The van der Waals surface area contributed by atoms with Crippen LogP contribution in [0.3, 0.4) is 0 Å². The van der Waals surface area contributed by atoms with Gasteiger partial charge in [0, 0.05) is 36.7 Å². The van der Waals surface area contributed by atoms with Crippen LogP contribution in [-0.4, -0.2) is 25.5 Å². The van der Waals surface area contributed by atoms with Crippen LogP contribution in [0.1, 0.15) is 34.9 Å². The smallest absolute Gasteiger partial charge is 0.226 e. The Hall–Kier alpha value is -2.83. The number of fused-ring (bicyclic) bond motifs is 1. The first-order chi connectivity index (χ1) is 11.1. The molecule has 0 saturated carbocycles. The molecule has 0 unspecified atom stereocenters. The van der Waals surface area contributed by atoms with Crippen LogP contribution >= 0.6 is 0 Å². The van der Waals surface area contributed by atoms with Crippen LogP contribution in [0, 0.1) is 6.92 Å². The summed E-state index contributed by atoms with van der Waals surface area (Å²) in [7, 11) is 1.89. The van der Waals surface area contributed by atoms with Gasteiger partial charge in [0.15, 0.2) is 0 Å². The Morgan fingerprint density at radius 1 is 1.43 bits per heavy atom. The van der Waals surface area contributed by atoms with Crippen LogP contribution in [0.15, 0.2) is 35.2 Å². The Balaban J connectivity index is 1.75. The second-order valence-corrected chi connectivity index (χ2v) is 5.83. The maximum Gasteiger partial charge on any atom is 0.226 e. The molecule has 23 heavy (non-hydrogen) atoms. The number of aryl methyl sites for hydroxylation is 2. The standard InChI is InChI=1S/C16H17N5O2/c1-10-14(9-20(2)19-10)12-6-15(22)18-16-13(12)7-17-21(16)8-11-4-3-5-23-11/h3-5,7,9,12H,6,8H2,1-2H3,(H,18,22)/t12-/m1/s1. The average Bonchev–Trinajstić information content (AvgIpc) is 3.21. The molecule has 7 heteroatoms. The van der Waals surface area contributed by atoms with Gasteiger partial charge in [0.2, 0.25) is 5.91 Å². The van der Waals surface area contributed by atoms with E-state index < -0.39 is 0 Å². The molecule has 0 spiro atoms. The number of carbonyl (C=O) groups excluding carboxylic acids is 1. The van der Waals surface area contributed by atoms with E-state index in [0.717, 1.165) is 28.4 Å². The fourth-order valence-corrected chi connectivity index (χ4v) is 3.18. The first kappa shape index (κ1) is 13.8. The van der Waals surface area contributed by atoms with E-state index in [1.54, 1.807) is 15.6 Å². The highest BCUT2D eigenvalue weighted by Crippen LogP contribution is 2.38. The second kappa shape index (κ2) is 5.12. The normalized spacial score (nSPS) is 17.1. The van der Waals surface area contributed by atoms with Gasteiger partial charge >= 0.3 is 0 Å². The molecule has 7 nitrogen and oxygen atoms in total. The summed E-state index contributed by atoms with van der Waals surface area (Å²) in [4.78, 5) is 12.2. The highest BCUT2D eigenvalue weighted by atomic mass is 16.3. The Morgan fingerprint density at radius 3 is 3.00 bits per heavy atom. The zero-order valence-corrected chi connectivity index (χ0v) is 13.0. The zero-order valence-electron chi connectivity index (χ0n) is 13.0. The van der Waals surface area contributed by atoms with Gasteiger partial charge < -0.3 is 9.73 Å². The summed E-state index contributed by atoms with van der Waals surface area (Å²) in [6.45, 7) is 2.45. The Morgan fingerprint density at radius 2 is 2.30 bits per heavy atom. The second-order valence-electron chi connectivity index (χ2n) is 5.83. The number of amides is 1. The number of anilines is 1. The van der Waals surface area contributed by atoms with Gasteiger partial charge in [-0.05, 0) is 19.1 Å². The quantitative estimate of drug-likeness (QED) is 0.803. The molecule has 0 aromatic carbocycles. The van der Waals surface area contributed by atoms with Crippen LogP contribution < -0.4 is 5.32 Å². The van der Waals surface area contributed by atoms with Crippen LogP contribution in [-0.2, 0) is 18.4 Å². The van der Waals surface area contributed by atoms with Crippen LogP contribution in [0.4, 0.5) is 5.82 Å². The van der Waals surface area contributed by atoms with E-state index in [1.807, 2.05) is 38.5 Å². The highest BCUT2D eigenvalue weighted by molar-refractivity contribution is 5.94. The molecular weight excluding hydrogens is 294 g/mol. The molecular formula is C16H17N5O2. The van der Waals surface area contributed by atoms with Gasteiger partial charge in [-0.15, -0.1) is 0 Å². The molecule has 0 bridgehead atoms. The summed E-state index contributed by atoms with van der Waals surface area (Å²) < 4.78 is 8.92. The van der Waals surface area contributed by atoms with E-state index in [9.17, 15) is 4.79 Å². The number of carbonyl (C=O) groups is 1. The van der Waals surface area contributed by atoms with Gasteiger partial charge in [-0.1, -0.05) is 0 Å². The average molecular weight is 311 g/mol. The zero-order chi connectivity index (χ0) is 16.0. The number of aromatic nitrogens is 4. The summed E-state index contributed by atoms with van der Waals surface area (Å²) in [5.74, 6) is 1.51. The summed E-state index contributed by atoms with van der Waals surface area (Å²) in [6.07, 6.45) is 5.85. The van der Waals surface area contributed by atoms with E-state index in [1.165, 1.54) is 0 Å². The molecule has 1 aliphatic rings. The lowest BCUT2D eigenvalue weighted by Crippen LogP contribution is -2.25. The van der Waals surface area contributed by atoms with Crippen molar-refractivity contribution in [3.05, 3.63) is 53.4 Å². The van der Waals surface area contributed by atoms with Crippen molar-refractivity contribution in [2.75, 3.05) is 5.32 Å². The van der Waals surface area contributed by atoms with E-state index in [0.29, 0.717) is 13.0 Å². The number of hydrogen-bond donors (Lipinski definition) is 1. The first-order valence-electron chi connectivity index (χ1n) is 7.50. The number of furan rings is 1. The minimum Gasteiger partial charge on any atom is -0.467 e. The van der Waals surface area contributed by atoms with Gasteiger partial charge in [0.05, 0.1) is 18.2 Å². The van der Waals surface area contributed by atoms with E-state index >= 15 is 0 Å². The van der Waals surface area contributed by atoms with Crippen molar-refractivity contribution in [2.45, 2.75) is 25.8 Å². The van der Waals surface area contributed by atoms with Gasteiger partial charge in [-0.25, -0.2) is 4.68 Å². The number of nitrogens with zero attached hydrogens (tertiary/aromatic N) is 4. The number of hydrogen-bond acceptors (Lipinski definition) is 4. The van der Waals surface area contributed by atoms with E-state index in [2.05, 4.69) is 15.5 Å².